The molecule has 162 valence electrons. The van der Waals surface area contributed by atoms with E-state index in [-0.39, 0.29) is 11.8 Å². The predicted octanol–water partition coefficient (Wildman–Crippen LogP) is 1.81. The standard InChI is InChI=1S/C21H34N4O4/c1-5-23-21(25-12-6-7-15(14-25)13-18(22)26)24-11-10-16-8-9-17(27-2)20(29-4)19(16)28-3/h8-9,15H,5-7,10-14H2,1-4H3,(H2,22,26)(H,23,24). The third kappa shape index (κ3) is 6.17. The molecule has 1 aliphatic heterocycles. The summed E-state index contributed by atoms with van der Waals surface area (Å²) in [7, 11) is 4.83. The SMILES string of the molecule is CCNC(=NCCc1ccc(OC)c(OC)c1OC)N1CCCC(CC(N)=O)C1. The van der Waals surface area contributed by atoms with E-state index in [1.165, 1.54) is 0 Å². The lowest BCUT2D eigenvalue weighted by Crippen LogP contribution is -2.47. The maximum atomic E-state index is 11.3. The summed E-state index contributed by atoms with van der Waals surface area (Å²) in [6, 6.07) is 3.86. The number of nitrogens with two attached hydrogens (primary N) is 1. The van der Waals surface area contributed by atoms with Crippen LogP contribution in [0.4, 0.5) is 0 Å². The fourth-order valence-corrected chi connectivity index (χ4v) is 3.78. The zero-order valence-electron chi connectivity index (χ0n) is 18.0. The van der Waals surface area contributed by atoms with Gasteiger partial charge >= 0.3 is 0 Å². The topological polar surface area (TPSA) is 98.4 Å². The van der Waals surface area contributed by atoms with Crippen molar-refractivity contribution in [3.05, 3.63) is 17.7 Å². The molecule has 29 heavy (non-hydrogen) atoms. The van der Waals surface area contributed by atoms with Crippen LogP contribution in [0.3, 0.4) is 0 Å². The molecule has 8 heteroatoms. The van der Waals surface area contributed by atoms with E-state index >= 15 is 0 Å². The Morgan fingerprint density at radius 1 is 1.24 bits per heavy atom. The minimum atomic E-state index is -0.237. The molecule has 0 spiro atoms. The van der Waals surface area contributed by atoms with Gasteiger partial charge in [-0.15, -0.1) is 0 Å². The largest absolute Gasteiger partial charge is 0.493 e. The highest BCUT2D eigenvalue weighted by atomic mass is 16.5. The van der Waals surface area contributed by atoms with Gasteiger partial charge < -0.3 is 30.2 Å². The molecule has 1 aromatic rings. The Balaban J connectivity index is 2.10. The molecule has 0 aromatic heterocycles. The lowest BCUT2D eigenvalue weighted by Gasteiger charge is -2.34. The van der Waals surface area contributed by atoms with Crippen LogP contribution < -0.4 is 25.3 Å². The van der Waals surface area contributed by atoms with Gasteiger partial charge in [-0.25, -0.2) is 0 Å². The maximum Gasteiger partial charge on any atom is 0.217 e. The molecule has 2 rings (SSSR count). The van der Waals surface area contributed by atoms with Crippen molar-refractivity contribution in [1.82, 2.24) is 10.2 Å². The molecule has 1 heterocycles. The molecule has 8 nitrogen and oxygen atoms in total. The van der Waals surface area contributed by atoms with Crippen LogP contribution in [0.25, 0.3) is 0 Å². The number of guanidine groups is 1. The second-order valence-electron chi connectivity index (χ2n) is 7.10. The number of piperidine rings is 1. The summed E-state index contributed by atoms with van der Waals surface area (Å²) in [6.07, 6.45) is 3.20. The van der Waals surface area contributed by atoms with E-state index < -0.39 is 0 Å². The summed E-state index contributed by atoms with van der Waals surface area (Å²) < 4.78 is 16.4. The lowest BCUT2D eigenvalue weighted by molar-refractivity contribution is -0.119. The van der Waals surface area contributed by atoms with Gasteiger partial charge in [0, 0.05) is 38.2 Å². The first-order valence-corrected chi connectivity index (χ1v) is 10.1. The number of carbonyl (C=O) groups is 1. The fourth-order valence-electron chi connectivity index (χ4n) is 3.78. The van der Waals surface area contributed by atoms with Crippen molar-refractivity contribution in [2.75, 3.05) is 47.5 Å². The molecule has 0 bridgehead atoms. The summed E-state index contributed by atoms with van der Waals surface area (Å²) in [4.78, 5) is 18.3. The van der Waals surface area contributed by atoms with Crippen LogP contribution >= 0.6 is 0 Å². The first-order valence-electron chi connectivity index (χ1n) is 10.1. The molecule has 1 amide bonds. The molecule has 1 aromatic carbocycles. The number of aliphatic imine (C=N–C) groups is 1. The van der Waals surface area contributed by atoms with Crippen LogP contribution in [0.1, 0.15) is 31.7 Å². The van der Waals surface area contributed by atoms with Crippen molar-refractivity contribution in [1.29, 1.82) is 0 Å². The normalized spacial score (nSPS) is 17.0. The van der Waals surface area contributed by atoms with E-state index in [0.29, 0.717) is 36.6 Å². The number of hydrogen-bond acceptors (Lipinski definition) is 5. The molecule has 1 unspecified atom stereocenters. The van der Waals surface area contributed by atoms with Crippen LogP contribution in [-0.4, -0.2) is 64.3 Å². The highest BCUT2D eigenvalue weighted by molar-refractivity contribution is 5.80. The van der Waals surface area contributed by atoms with Crippen LogP contribution in [0.15, 0.2) is 17.1 Å². The lowest BCUT2D eigenvalue weighted by atomic mass is 9.95. The first kappa shape index (κ1) is 22.6. The zero-order valence-corrected chi connectivity index (χ0v) is 18.0. The number of nitrogens with one attached hydrogen (secondary N) is 1. The van der Waals surface area contributed by atoms with Crippen LogP contribution in [0.2, 0.25) is 0 Å². The molecule has 1 fully saturated rings. The number of primary amides is 1. The van der Waals surface area contributed by atoms with Gasteiger partial charge in [0.05, 0.1) is 21.3 Å². The summed E-state index contributed by atoms with van der Waals surface area (Å²) in [5, 5.41) is 3.37. The van der Waals surface area contributed by atoms with Crippen LogP contribution in [0.5, 0.6) is 17.2 Å². The second-order valence-corrected chi connectivity index (χ2v) is 7.10. The predicted molar refractivity (Wildman–Crippen MR) is 114 cm³/mol. The fraction of sp³-hybridized carbons (Fsp3) is 0.619. The Labute approximate surface area is 173 Å². The zero-order chi connectivity index (χ0) is 21.2. The van der Waals surface area contributed by atoms with E-state index in [0.717, 1.165) is 44.0 Å². The van der Waals surface area contributed by atoms with Gasteiger partial charge in [0.15, 0.2) is 17.5 Å². The van der Waals surface area contributed by atoms with Crippen molar-refractivity contribution in [2.45, 2.75) is 32.6 Å². The third-order valence-corrected chi connectivity index (χ3v) is 5.07. The smallest absolute Gasteiger partial charge is 0.217 e. The molecule has 1 atom stereocenters. The van der Waals surface area contributed by atoms with Crippen LogP contribution in [-0.2, 0) is 11.2 Å². The van der Waals surface area contributed by atoms with Crippen LogP contribution in [0, 0.1) is 5.92 Å². The number of ether oxygens (including phenoxy) is 3. The van der Waals surface area contributed by atoms with E-state index in [1.807, 2.05) is 12.1 Å². The van der Waals surface area contributed by atoms with Crippen molar-refractivity contribution in [3.8, 4) is 17.2 Å². The van der Waals surface area contributed by atoms with Gasteiger partial charge in [0.25, 0.3) is 0 Å². The number of methoxy groups -OCH3 is 3. The number of nitrogens with zero attached hydrogens (tertiary/aromatic N) is 2. The minimum absolute atomic E-state index is 0.237. The molecule has 0 aliphatic carbocycles. The number of likely N-dealkylation sites (tertiary alicyclic amines) is 1. The number of carbonyl (C=O) groups excluding carboxylic acids is 1. The second kappa shape index (κ2) is 11.4. The minimum Gasteiger partial charge on any atom is -0.493 e. The Bertz CT molecular complexity index is 708. The third-order valence-electron chi connectivity index (χ3n) is 5.07. The average Bonchev–Trinajstić information content (AvgIpc) is 2.72. The molecular weight excluding hydrogens is 372 g/mol. The number of rotatable bonds is 9. The van der Waals surface area contributed by atoms with E-state index in [4.69, 9.17) is 24.9 Å². The molecule has 1 saturated heterocycles. The Hall–Kier alpha value is -2.64. The Morgan fingerprint density at radius 2 is 2.00 bits per heavy atom. The van der Waals surface area contributed by atoms with Gasteiger partial charge in [0.2, 0.25) is 11.7 Å². The van der Waals surface area contributed by atoms with E-state index in [9.17, 15) is 4.79 Å². The van der Waals surface area contributed by atoms with Gasteiger partial charge in [-0.2, -0.15) is 0 Å². The van der Waals surface area contributed by atoms with E-state index in [2.05, 4.69) is 17.1 Å². The van der Waals surface area contributed by atoms with Gasteiger partial charge in [-0.3, -0.25) is 9.79 Å². The molecule has 0 radical (unpaired) electrons. The number of benzene rings is 1. The molecule has 3 N–H and O–H groups in total. The summed E-state index contributed by atoms with van der Waals surface area (Å²) in [6.45, 7) is 5.17. The Kier molecular flexibility index (Phi) is 8.89. The maximum absolute atomic E-state index is 11.3. The number of amides is 1. The van der Waals surface area contributed by atoms with Crippen molar-refractivity contribution in [3.63, 3.8) is 0 Å². The molecule has 0 saturated carbocycles. The average molecular weight is 407 g/mol. The van der Waals surface area contributed by atoms with Gasteiger partial charge in [0.1, 0.15) is 0 Å². The Morgan fingerprint density at radius 3 is 2.62 bits per heavy atom. The highest BCUT2D eigenvalue weighted by Gasteiger charge is 2.23. The van der Waals surface area contributed by atoms with E-state index in [1.54, 1.807) is 21.3 Å². The number of hydrogen-bond donors (Lipinski definition) is 2. The monoisotopic (exact) mass is 406 g/mol. The van der Waals surface area contributed by atoms with Gasteiger partial charge in [-0.1, -0.05) is 6.07 Å². The quantitative estimate of drug-likeness (QED) is 0.479. The molecular formula is C21H34N4O4. The van der Waals surface area contributed by atoms with Crippen molar-refractivity contribution >= 4 is 11.9 Å². The van der Waals surface area contributed by atoms with Crippen molar-refractivity contribution < 1.29 is 19.0 Å². The summed E-state index contributed by atoms with van der Waals surface area (Å²) in [5.74, 6) is 2.83. The van der Waals surface area contributed by atoms with Crippen molar-refractivity contribution in [2.24, 2.45) is 16.6 Å². The summed E-state index contributed by atoms with van der Waals surface area (Å²) >= 11 is 0. The molecule has 1 aliphatic rings. The van der Waals surface area contributed by atoms with Gasteiger partial charge in [-0.05, 0) is 38.2 Å². The highest BCUT2D eigenvalue weighted by Crippen LogP contribution is 2.39. The summed E-state index contributed by atoms with van der Waals surface area (Å²) in [5.41, 5.74) is 6.39. The first-order chi connectivity index (χ1) is 14.0.